The molecule has 1 aliphatic heterocycles. The topological polar surface area (TPSA) is 101 Å². The van der Waals surface area contributed by atoms with Crippen molar-refractivity contribution in [3.05, 3.63) is 35.0 Å². The van der Waals surface area contributed by atoms with Crippen molar-refractivity contribution in [2.75, 3.05) is 25.1 Å². The summed E-state index contributed by atoms with van der Waals surface area (Å²) in [6, 6.07) is 7.43. The maximum absolute atomic E-state index is 12.0. The average molecular weight is 345 g/mol. The van der Waals surface area contributed by atoms with Gasteiger partial charge in [0.05, 0.1) is 22.2 Å². The minimum Gasteiger partial charge on any atom is -0.382 e. The molecule has 0 radical (unpaired) electrons. The molecule has 2 aromatic rings. The molecule has 3 N–H and O–H groups in total. The number of carbonyl (C=O) groups is 1. The van der Waals surface area contributed by atoms with Crippen molar-refractivity contribution < 1.29 is 9.53 Å². The molecule has 1 aromatic carbocycles. The van der Waals surface area contributed by atoms with E-state index in [2.05, 4.69) is 16.4 Å². The van der Waals surface area contributed by atoms with Crippen LogP contribution in [0.1, 0.15) is 18.4 Å². The molecular formula is C17H17ClN4O2. The third-order valence-corrected chi connectivity index (χ3v) is 4.76. The Labute approximate surface area is 144 Å². The van der Waals surface area contributed by atoms with Crippen LogP contribution in [0.5, 0.6) is 0 Å². The first-order valence-corrected chi connectivity index (χ1v) is 8.03. The van der Waals surface area contributed by atoms with E-state index in [1.807, 2.05) is 0 Å². The first-order chi connectivity index (χ1) is 11.6. The lowest BCUT2D eigenvalue weighted by Gasteiger charge is -2.34. The van der Waals surface area contributed by atoms with Crippen molar-refractivity contribution in [3.8, 4) is 6.07 Å². The van der Waals surface area contributed by atoms with Crippen molar-refractivity contribution in [2.45, 2.75) is 12.8 Å². The van der Waals surface area contributed by atoms with Crippen molar-refractivity contribution >= 4 is 34.1 Å². The number of benzene rings is 1. The number of nitriles is 1. The number of carbonyl (C=O) groups excluding carboxylic acids is 1. The minimum absolute atomic E-state index is 0.339. The number of hydrogen-bond acceptors (Lipinski definition) is 5. The molecular weight excluding hydrogens is 328 g/mol. The van der Waals surface area contributed by atoms with Gasteiger partial charge < -0.3 is 15.8 Å². The van der Waals surface area contributed by atoms with E-state index in [0.29, 0.717) is 48.9 Å². The Morgan fingerprint density at radius 3 is 2.88 bits per heavy atom. The fourth-order valence-corrected chi connectivity index (χ4v) is 3.14. The predicted molar refractivity (Wildman–Crippen MR) is 91.6 cm³/mol. The number of rotatable bonds is 4. The Kier molecular flexibility index (Phi) is 4.56. The van der Waals surface area contributed by atoms with Gasteiger partial charge in [0, 0.05) is 36.4 Å². The predicted octanol–water partition coefficient (Wildman–Crippen LogP) is 2.45. The van der Waals surface area contributed by atoms with Gasteiger partial charge in [-0.25, -0.2) is 0 Å². The number of hydrogen-bond donors (Lipinski definition) is 2. The van der Waals surface area contributed by atoms with Crippen LogP contribution in [0.2, 0.25) is 5.02 Å². The van der Waals surface area contributed by atoms with Gasteiger partial charge in [0.1, 0.15) is 6.07 Å². The standard InChI is InChI=1S/C17H17ClN4O2/c18-12-1-2-14-13(7-12)15(11(8-19)9-21-14)22-10-17(16(20)23)3-5-24-6-4-17/h1-2,7,9H,3-6,10H2,(H2,20,23)(H,21,22). The first kappa shape index (κ1) is 16.5. The molecule has 1 aromatic heterocycles. The van der Waals surface area contributed by atoms with Crippen LogP contribution in [0.4, 0.5) is 5.69 Å². The first-order valence-electron chi connectivity index (χ1n) is 7.66. The highest BCUT2D eigenvalue weighted by Gasteiger charge is 2.38. The molecule has 7 heteroatoms. The zero-order chi connectivity index (χ0) is 17.2. The van der Waals surface area contributed by atoms with Crippen LogP contribution < -0.4 is 11.1 Å². The van der Waals surface area contributed by atoms with E-state index in [9.17, 15) is 10.1 Å². The highest BCUT2D eigenvalue weighted by atomic mass is 35.5. The lowest BCUT2D eigenvalue weighted by molar-refractivity contribution is -0.132. The van der Waals surface area contributed by atoms with Crippen molar-refractivity contribution in [3.63, 3.8) is 0 Å². The summed E-state index contributed by atoms with van der Waals surface area (Å²) in [6.07, 6.45) is 2.63. The van der Waals surface area contributed by atoms with Gasteiger partial charge in [-0.1, -0.05) is 11.6 Å². The zero-order valence-corrected chi connectivity index (χ0v) is 13.8. The quantitative estimate of drug-likeness (QED) is 0.887. The fraction of sp³-hybridized carbons (Fsp3) is 0.353. The summed E-state index contributed by atoms with van der Waals surface area (Å²) in [7, 11) is 0. The fourth-order valence-electron chi connectivity index (χ4n) is 2.97. The molecule has 0 atom stereocenters. The monoisotopic (exact) mass is 344 g/mol. The van der Waals surface area contributed by atoms with Crippen LogP contribution in [0.15, 0.2) is 24.4 Å². The summed E-state index contributed by atoms with van der Waals surface area (Å²) in [5, 5.41) is 13.9. The molecule has 1 amide bonds. The molecule has 0 saturated carbocycles. The van der Waals surface area contributed by atoms with Crippen LogP contribution in [0.3, 0.4) is 0 Å². The van der Waals surface area contributed by atoms with Gasteiger partial charge in [0.15, 0.2) is 0 Å². The van der Waals surface area contributed by atoms with Gasteiger partial charge in [0.2, 0.25) is 5.91 Å². The van der Waals surface area contributed by atoms with E-state index >= 15 is 0 Å². The Bertz CT molecular complexity index is 825. The van der Waals surface area contributed by atoms with Crippen LogP contribution in [-0.4, -0.2) is 30.6 Å². The van der Waals surface area contributed by atoms with E-state index in [1.54, 1.807) is 18.2 Å². The minimum atomic E-state index is -0.681. The smallest absolute Gasteiger partial charge is 0.225 e. The average Bonchev–Trinajstić information content (AvgIpc) is 2.60. The van der Waals surface area contributed by atoms with Gasteiger partial charge in [-0.3, -0.25) is 9.78 Å². The van der Waals surface area contributed by atoms with Crippen LogP contribution >= 0.6 is 11.6 Å². The summed E-state index contributed by atoms with van der Waals surface area (Å²) < 4.78 is 5.34. The van der Waals surface area contributed by atoms with E-state index in [0.717, 1.165) is 10.9 Å². The van der Waals surface area contributed by atoms with Crippen molar-refractivity contribution in [2.24, 2.45) is 11.1 Å². The number of anilines is 1. The number of primary amides is 1. The normalized spacial score (nSPS) is 16.5. The molecule has 1 aliphatic rings. The third-order valence-electron chi connectivity index (χ3n) is 4.53. The summed E-state index contributed by atoms with van der Waals surface area (Å²) in [6.45, 7) is 1.34. The van der Waals surface area contributed by atoms with Crippen molar-refractivity contribution in [1.82, 2.24) is 4.98 Å². The Morgan fingerprint density at radius 2 is 2.21 bits per heavy atom. The molecule has 1 saturated heterocycles. The molecule has 0 aliphatic carbocycles. The second-order valence-electron chi connectivity index (χ2n) is 5.93. The molecule has 2 heterocycles. The summed E-state index contributed by atoms with van der Waals surface area (Å²) in [5.74, 6) is -0.354. The number of nitrogens with one attached hydrogen (secondary N) is 1. The SMILES string of the molecule is N#Cc1cnc2ccc(Cl)cc2c1NCC1(C(N)=O)CCOCC1. The molecule has 6 nitrogen and oxygen atoms in total. The summed E-state index contributed by atoms with van der Waals surface area (Å²) in [5.41, 5.74) is 6.70. The maximum Gasteiger partial charge on any atom is 0.225 e. The van der Waals surface area contributed by atoms with E-state index in [4.69, 9.17) is 22.1 Å². The van der Waals surface area contributed by atoms with Crippen molar-refractivity contribution in [1.29, 1.82) is 5.26 Å². The van der Waals surface area contributed by atoms with Gasteiger partial charge in [-0.05, 0) is 31.0 Å². The Morgan fingerprint density at radius 1 is 1.46 bits per heavy atom. The summed E-state index contributed by atoms with van der Waals surface area (Å²) >= 11 is 6.08. The Hall–Kier alpha value is -2.36. The number of pyridine rings is 1. The number of aromatic nitrogens is 1. The molecule has 3 rings (SSSR count). The number of amides is 1. The van der Waals surface area contributed by atoms with E-state index < -0.39 is 5.41 Å². The van der Waals surface area contributed by atoms with Gasteiger partial charge >= 0.3 is 0 Å². The second-order valence-corrected chi connectivity index (χ2v) is 6.37. The van der Waals surface area contributed by atoms with Crippen LogP contribution in [0, 0.1) is 16.7 Å². The largest absolute Gasteiger partial charge is 0.382 e. The molecule has 24 heavy (non-hydrogen) atoms. The number of halogens is 1. The van der Waals surface area contributed by atoms with Gasteiger partial charge in [-0.2, -0.15) is 5.26 Å². The third kappa shape index (κ3) is 3.01. The van der Waals surface area contributed by atoms with E-state index in [-0.39, 0.29) is 5.91 Å². The van der Waals surface area contributed by atoms with Crippen LogP contribution in [0.25, 0.3) is 10.9 Å². The molecule has 124 valence electrons. The highest BCUT2D eigenvalue weighted by molar-refractivity contribution is 6.31. The lowest BCUT2D eigenvalue weighted by Crippen LogP contribution is -2.46. The van der Waals surface area contributed by atoms with Crippen LogP contribution in [-0.2, 0) is 9.53 Å². The zero-order valence-electron chi connectivity index (χ0n) is 13.0. The highest BCUT2D eigenvalue weighted by Crippen LogP contribution is 2.33. The number of fused-ring (bicyclic) bond motifs is 1. The molecule has 0 spiro atoms. The van der Waals surface area contributed by atoms with E-state index in [1.165, 1.54) is 6.20 Å². The number of ether oxygens (including phenoxy) is 1. The van der Waals surface area contributed by atoms with Gasteiger partial charge in [-0.15, -0.1) is 0 Å². The Balaban J connectivity index is 1.98. The maximum atomic E-state index is 12.0. The van der Waals surface area contributed by atoms with Gasteiger partial charge in [0.25, 0.3) is 0 Å². The number of nitrogens with zero attached hydrogens (tertiary/aromatic N) is 2. The summed E-state index contributed by atoms with van der Waals surface area (Å²) in [4.78, 5) is 16.3. The number of nitrogens with two attached hydrogens (primary N) is 1. The second kappa shape index (κ2) is 6.63. The molecule has 1 fully saturated rings. The molecule has 0 unspecified atom stereocenters. The lowest BCUT2D eigenvalue weighted by atomic mass is 9.79. The molecule has 0 bridgehead atoms.